The van der Waals surface area contributed by atoms with Crippen molar-refractivity contribution in [2.24, 2.45) is 0 Å². The van der Waals surface area contributed by atoms with E-state index in [4.69, 9.17) is 11.1 Å². The molecule has 1 atom stereocenters. The molecule has 0 fully saturated rings. The van der Waals surface area contributed by atoms with Crippen molar-refractivity contribution in [3.05, 3.63) is 0 Å². The molecule has 4 heteroatoms. The molecule has 0 nitrogen and oxygen atoms in total. The maximum atomic E-state index is 5.57. The van der Waals surface area contributed by atoms with Crippen molar-refractivity contribution < 1.29 is 0 Å². The van der Waals surface area contributed by atoms with Gasteiger partial charge in [-0.15, -0.1) is 11.1 Å². The summed E-state index contributed by atoms with van der Waals surface area (Å²) in [5.41, 5.74) is 0. The number of halogens is 3. The summed E-state index contributed by atoms with van der Waals surface area (Å²) >= 11 is 11.0. The summed E-state index contributed by atoms with van der Waals surface area (Å²) in [7, 11) is 0. The third-order valence-corrected chi connectivity index (χ3v) is 0. The first-order chi connectivity index (χ1) is 2.00. The summed E-state index contributed by atoms with van der Waals surface area (Å²) in [6.07, 6.45) is 0. The van der Waals surface area contributed by atoms with Gasteiger partial charge in [-0.25, -0.2) is 0 Å². The predicted molar refractivity (Wildman–Crippen MR) is 40.4 cm³/mol. The van der Waals surface area contributed by atoms with Crippen LogP contribution in [-0.4, -0.2) is 3.50 Å². The van der Waals surface area contributed by atoms with Gasteiger partial charge in [0.05, 0.1) is 0 Å². The zero-order valence-electron chi connectivity index (χ0n) is 2.63. The summed E-state index contributed by atoms with van der Waals surface area (Å²) < 4.78 is -1.36. The molecule has 0 aliphatic carbocycles. The standard InChI is InChI=1S/CH3BrClISi/c1-5(2,3)4/h1H3. The van der Waals surface area contributed by atoms with Crippen LogP contribution in [0.4, 0.5) is 0 Å². The molecule has 1 unspecified atom stereocenters. The summed E-state index contributed by atoms with van der Waals surface area (Å²) in [5.74, 6) is 0. The Labute approximate surface area is 57.8 Å². The molecule has 0 N–H and O–H groups in total. The maximum absolute atomic E-state index is 5.57. The molecule has 5 heavy (non-hydrogen) atoms. The summed E-state index contributed by atoms with van der Waals surface area (Å²) in [4.78, 5) is 0. The van der Waals surface area contributed by atoms with Gasteiger partial charge in [-0.05, 0) is 6.55 Å². The minimum Gasteiger partial charge on any atom is -0.139 e. The van der Waals surface area contributed by atoms with Crippen molar-refractivity contribution >= 4 is 51.7 Å². The molecule has 0 aromatic rings. The molecule has 0 bridgehead atoms. The zero-order chi connectivity index (χ0) is 4.50. The molecule has 0 saturated heterocycles. The molecule has 0 aromatic heterocycles. The molecule has 0 saturated carbocycles. The lowest BCUT2D eigenvalue weighted by Gasteiger charge is -1.91. The normalized spacial score (nSPS) is 21.6. The van der Waals surface area contributed by atoms with Gasteiger partial charge in [-0.3, -0.25) is 0 Å². The average Bonchev–Trinajstić information content (AvgIpc) is 0.722. The van der Waals surface area contributed by atoms with Crippen LogP contribution < -0.4 is 0 Å². The van der Waals surface area contributed by atoms with Gasteiger partial charge in [0.1, 0.15) is 0 Å². The van der Waals surface area contributed by atoms with Crippen LogP contribution in [0.15, 0.2) is 0 Å². The highest BCUT2D eigenvalue weighted by atomic mass is 127. The van der Waals surface area contributed by atoms with Gasteiger partial charge in [0.2, 0.25) is 0 Å². The van der Waals surface area contributed by atoms with Crippen molar-refractivity contribution in [1.29, 1.82) is 0 Å². The van der Waals surface area contributed by atoms with Gasteiger partial charge in [-0.1, -0.05) is 37.1 Å². The van der Waals surface area contributed by atoms with Crippen molar-refractivity contribution in [2.75, 3.05) is 0 Å². The van der Waals surface area contributed by atoms with E-state index in [9.17, 15) is 0 Å². The fraction of sp³-hybridized carbons (Fsp3) is 1.00. The monoisotopic (exact) mass is 284 g/mol. The highest BCUT2D eigenvalue weighted by molar-refractivity contribution is 14.1. The molecule has 0 radical (unpaired) electrons. The van der Waals surface area contributed by atoms with Gasteiger partial charge in [-0.2, -0.15) is 0 Å². The van der Waals surface area contributed by atoms with Crippen molar-refractivity contribution in [3.63, 3.8) is 0 Å². The number of rotatable bonds is 0. The highest BCUT2D eigenvalue weighted by Crippen LogP contribution is 2.23. The molecule has 0 aliphatic rings. The van der Waals surface area contributed by atoms with Crippen LogP contribution in [0.3, 0.4) is 0 Å². The Hall–Kier alpha value is 1.72. The summed E-state index contributed by atoms with van der Waals surface area (Å²) in [6, 6.07) is 0. The molecule has 0 amide bonds. The molecule has 0 spiro atoms. The van der Waals surface area contributed by atoms with E-state index in [1.165, 1.54) is 0 Å². The van der Waals surface area contributed by atoms with E-state index in [1.807, 2.05) is 6.55 Å². The Kier molecular flexibility index (Phi) is 2.87. The van der Waals surface area contributed by atoms with E-state index >= 15 is 0 Å². The molecule has 0 heterocycles. The first-order valence-electron chi connectivity index (χ1n) is 1.07. The van der Waals surface area contributed by atoms with Gasteiger partial charge in [0.25, 0.3) is 3.50 Å². The van der Waals surface area contributed by atoms with Gasteiger partial charge in [0, 0.05) is 0 Å². The SMILES string of the molecule is C[Si](Cl)(Br)I. The lowest BCUT2D eigenvalue weighted by molar-refractivity contribution is 2.35. The van der Waals surface area contributed by atoms with E-state index in [-0.39, 0.29) is 0 Å². The predicted octanol–water partition coefficient (Wildman–Crippen LogP) is 2.62. The first-order valence-corrected chi connectivity index (χ1v) is 9.95. The van der Waals surface area contributed by atoms with E-state index in [0.29, 0.717) is 0 Å². The fourth-order valence-electron chi connectivity index (χ4n) is 0. The Balaban J connectivity index is 3.02. The largest absolute Gasteiger partial charge is 0.284 e. The molecule has 0 aromatic carbocycles. The molecular formula is CH3BrClISi. The summed E-state index contributed by atoms with van der Waals surface area (Å²) in [5, 5.41) is 0. The second-order valence-electron chi connectivity index (χ2n) is 0.781. The van der Waals surface area contributed by atoms with E-state index in [0.717, 1.165) is 0 Å². The quantitative estimate of drug-likeness (QED) is 0.365. The average molecular weight is 285 g/mol. The third kappa shape index (κ3) is 26.8. The Morgan fingerprint density at radius 2 is 2.00 bits per heavy atom. The van der Waals surface area contributed by atoms with Crippen LogP contribution in [0, 0.1) is 0 Å². The van der Waals surface area contributed by atoms with E-state index in [1.54, 1.807) is 0 Å². The second-order valence-corrected chi connectivity index (χ2v) is 23.6. The Bertz CT molecular complexity index is 27.1. The van der Waals surface area contributed by atoms with Crippen LogP contribution in [0.1, 0.15) is 0 Å². The number of hydrogen-bond acceptors (Lipinski definition) is 0. The molecule has 0 aliphatic heterocycles. The van der Waals surface area contributed by atoms with E-state index in [2.05, 4.69) is 37.1 Å². The Morgan fingerprint density at radius 3 is 2.00 bits per heavy atom. The molecule has 32 valence electrons. The fourth-order valence-corrected chi connectivity index (χ4v) is 0. The number of hydrogen-bond donors (Lipinski definition) is 0. The van der Waals surface area contributed by atoms with Crippen LogP contribution >= 0.6 is 48.2 Å². The second kappa shape index (κ2) is 2.14. The Morgan fingerprint density at radius 1 is 2.00 bits per heavy atom. The maximum Gasteiger partial charge on any atom is 0.284 e. The topological polar surface area (TPSA) is 0 Å². The van der Waals surface area contributed by atoms with Gasteiger partial charge >= 0.3 is 0 Å². The van der Waals surface area contributed by atoms with Crippen LogP contribution in [0.25, 0.3) is 0 Å². The lowest BCUT2D eigenvalue weighted by Crippen LogP contribution is -1.94. The van der Waals surface area contributed by atoms with Gasteiger partial charge < -0.3 is 0 Å². The van der Waals surface area contributed by atoms with Crippen LogP contribution in [0.2, 0.25) is 6.55 Å². The smallest absolute Gasteiger partial charge is 0.139 e. The minimum absolute atomic E-state index is 1.36. The van der Waals surface area contributed by atoms with Crippen LogP contribution in [-0.2, 0) is 0 Å². The van der Waals surface area contributed by atoms with Gasteiger partial charge in [0.15, 0.2) is 0 Å². The molecule has 0 rings (SSSR count). The van der Waals surface area contributed by atoms with E-state index < -0.39 is 3.50 Å². The first kappa shape index (κ1) is 6.72. The zero-order valence-corrected chi connectivity index (χ0v) is 8.13. The highest BCUT2D eigenvalue weighted by Gasteiger charge is 2.11. The molecular weight excluding hydrogens is 282 g/mol. The third-order valence-electron chi connectivity index (χ3n) is 0. The lowest BCUT2D eigenvalue weighted by atomic mass is 11.9. The van der Waals surface area contributed by atoms with Crippen molar-refractivity contribution in [3.8, 4) is 0 Å². The van der Waals surface area contributed by atoms with Crippen molar-refractivity contribution in [1.82, 2.24) is 0 Å². The van der Waals surface area contributed by atoms with Crippen LogP contribution in [0.5, 0.6) is 0 Å². The minimum atomic E-state index is -1.36. The summed E-state index contributed by atoms with van der Waals surface area (Å²) in [6.45, 7) is 2.00. The van der Waals surface area contributed by atoms with Crippen molar-refractivity contribution in [2.45, 2.75) is 6.55 Å².